The monoisotopic (exact) mass is 394 g/mol. The number of ether oxygens (including phenoxy) is 1. The molecule has 0 bridgehead atoms. The fourth-order valence-electron chi connectivity index (χ4n) is 3.19. The van der Waals surface area contributed by atoms with Crippen molar-refractivity contribution in [2.75, 3.05) is 11.1 Å². The quantitative estimate of drug-likeness (QED) is 0.439. The van der Waals surface area contributed by atoms with Gasteiger partial charge in [-0.3, -0.25) is 4.57 Å². The second kappa shape index (κ2) is 7.56. The number of imidazole rings is 1. The average molecular weight is 394 g/mol. The van der Waals surface area contributed by atoms with Crippen LogP contribution in [0.15, 0.2) is 91.3 Å². The Hall–Kier alpha value is -4.39. The van der Waals surface area contributed by atoms with Crippen LogP contribution in [0.5, 0.6) is 11.5 Å². The maximum absolute atomic E-state index is 5.87. The Balaban J connectivity index is 1.47. The molecule has 0 unspecified atom stereocenters. The molecule has 0 amide bonds. The molecular formula is C23H18N6O. The largest absolute Gasteiger partial charge is 0.457 e. The molecule has 0 aliphatic carbocycles. The van der Waals surface area contributed by atoms with Gasteiger partial charge in [0.15, 0.2) is 0 Å². The van der Waals surface area contributed by atoms with E-state index in [9.17, 15) is 0 Å². The molecule has 0 aliphatic heterocycles. The zero-order valence-corrected chi connectivity index (χ0v) is 15.9. The Bertz CT molecular complexity index is 1300. The van der Waals surface area contributed by atoms with Gasteiger partial charge in [0.1, 0.15) is 29.5 Å². The topological polar surface area (TPSA) is 90.9 Å². The van der Waals surface area contributed by atoms with Gasteiger partial charge < -0.3 is 15.8 Å². The minimum Gasteiger partial charge on any atom is -0.457 e. The van der Waals surface area contributed by atoms with Crippen LogP contribution in [-0.4, -0.2) is 19.5 Å². The third-order valence-electron chi connectivity index (χ3n) is 4.55. The summed E-state index contributed by atoms with van der Waals surface area (Å²) in [7, 11) is 0. The van der Waals surface area contributed by atoms with Crippen LogP contribution >= 0.6 is 0 Å². The van der Waals surface area contributed by atoms with Crippen molar-refractivity contribution in [2.45, 2.75) is 0 Å². The van der Waals surface area contributed by atoms with Crippen molar-refractivity contribution in [3.63, 3.8) is 0 Å². The van der Waals surface area contributed by atoms with E-state index < -0.39 is 0 Å². The molecule has 0 radical (unpaired) electrons. The van der Waals surface area contributed by atoms with Gasteiger partial charge in [0.05, 0.1) is 11.0 Å². The summed E-state index contributed by atoms with van der Waals surface area (Å²) in [5.74, 6) is 3.21. The Morgan fingerprint density at radius 2 is 1.53 bits per heavy atom. The maximum Gasteiger partial charge on any atom is 0.214 e. The van der Waals surface area contributed by atoms with E-state index in [0.717, 1.165) is 28.2 Å². The molecule has 2 heterocycles. The summed E-state index contributed by atoms with van der Waals surface area (Å²) in [6.45, 7) is 0. The van der Waals surface area contributed by atoms with Crippen LogP contribution in [0.2, 0.25) is 0 Å². The van der Waals surface area contributed by atoms with Gasteiger partial charge in [-0.05, 0) is 48.5 Å². The molecule has 3 N–H and O–H groups in total. The van der Waals surface area contributed by atoms with E-state index >= 15 is 0 Å². The molecule has 0 saturated heterocycles. The van der Waals surface area contributed by atoms with Crippen molar-refractivity contribution in [1.29, 1.82) is 0 Å². The average Bonchev–Trinajstić information content (AvgIpc) is 3.14. The number of nitrogens with one attached hydrogen (secondary N) is 1. The number of benzene rings is 3. The molecule has 2 aromatic heterocycles. The highest BCUT2D eigenvalue weighted by atomic mass is 16.5. The van der Waals surface area contributed by atoms with Crippen molar-refractivity contribution in [2.24, 2.45) is 0 Å². The third-order valence-corrected chi connectivity index (χ3v) is 4.55. The van der Waals surface area contributed by atoms with E-state index in [-0.39, 0.29) is 0 Å². The molecule has 0 saturated carbocycles. The van der Waals surface area contributed by atoms with Crippen molar-refractivity contribution in [3.05, 3.63) is 91.3 Å². The molecule has 3 aromatic carbocycles. The zero-order chi connectivity index (χ0) is 20.3. The standard InChI is InChI=1S/C23H18N6O/c24-21-14-22(26-15-25-21)29-20-9-5-4-8-19(20)28-23(29)27-16-10-12-18(13-11-16)30-17-6-2-1-3-7-17/h1-15H,(H,27,28)(H2,24,25,26). The minimum absolute atomic E-state index is 0.395. The fraction of sp³-hybridized carbons (Fsp3) is 0. The number of hydrogen-bond acceptors (Lipinski definition) is 6. The van der Waals surface area contributed by atoms with Gasteiger partial charge in [-0.1, -0.05) is 30.3 Å². The number of para-hydroxylation sites is 3. The lowest BCUT2D eigenvalue weighted by atomic mass is 10.3. The summed E-state index contributed by atoms with van der Waals surface area (Å²) in [5.41, 5.74) is 8.51. The van der Waals surface area contributed by atoms with Gasteiger partial charge in [-0.25, -0.2) is 15.0 Å². The van der Waals surface area contributed by atoms with Crippen LogP contribution in [0.1, 0.15) is 0 Å². The van der Waals surface area contributed by atoms with Crippen molar-refractivity contribution in [3.8, 4) is 17.3 Å². The highest BCUT2D eigenvalue weighted by molar-refractivity contribution is 5.82. The van der Waals surface area contributed by atoms with Gasteiger partial charge in [-0.2, -0.15) is 0 Å². The lowest BCUT2D eigenvalue weighted by Gasteiger charge is -2.11. The van der Waals surface area contributed by atoms with Gasteiger partial charge in [0, 0.05) is 11.8 Å². The Morgan fingerprint density at radius 3 is 2.33 bits per heavy atom. The molecule has 5 rings (SSSR count). The number of anilines is 3. The maximum atomic E-state index is 5.87. The molecule has 0 atom stereocenters. The number of fused-ring (bicyclic) bond motifs is 1. The summed E-state index contributed by atoms with van der Waals surface area (Å²) in [6, 6.07) is 26.9. The van der Waals surface area contributed by atoms with E-state index in [4.69, 9.17) is 15.5 Å². The van der Waals surface area contributed by atoms with Gasteiger partial charge >= 0.3 is 0 Å². The molecule has 7 nitrogen and oxygen atoms in total. The normalized spacial score (nSPS) is 10.8. The number of nitrogens with zero attached hydrogens (tertiary/aromatic N) is 4. The van der Waals surface area contributed by atoms with E-state index in [2.05, 4.69) is 15.3 Å². The summed E-state index contributed by atoms with van der Waals surface area (Å²) >= 11 is 0. The summed E-state index contributed by atoms with van der Waals surface area (Å²) < 4.78 is 7.78. The molecule has 0 fully saturated rings. The lowest BCUT2D eigenvalue weighted by Crippen LogP contribution is -2.05. The molecule has 30 heavy (non-hydrogen) atoms. The first-order chi connectivity index (χ1) is 14.8. The molecule has 7 heteroatoms. The second-order valence-electron chi connectivity index (χ2n) is 6.63. The summed E-state index contributed by atoms with van der Waals surface area (Å²) in [6.07, 6.45) is 1.44. The minimum atomic E-state index is 0.395. The predicted octanol–water partition coefficient (Wildman–Crippen LogP) is 4.93. The Morgan fingerprint density at radius 1 is 0.800 bits per heavy atom. The lowest BCUT2D eigenvalue weighted by molar-refractivity contribution is 0.483. The van der Waals surface area contributed by atoms with Crippen molar-refractivity contribution < 1.29 is 4.74 Å². The molecule has 146 valence electrons. The number of nitrogen functional groups attached to an aromatic ring is 1. The first kappa shape index (κ1) is 17.7. The number of rotatable bonds is 5. The second-order valence-corrected chi connectivity index (χ2v) is 6.63. The van der Waals surface area contributed by atoms with Crippen molar-refractivity contribution in [1.82, 2.24) is 19.5 Å². The van der Waals surface area contributed by atoms with E-state index in [0.29, 0.717) is 17.6 Å². The number of nitrogens with two attached hydrogens (primary N) is 1. The van der Waals surface area contributed by atoms with Crippen molar-refractivity contribution >= 4 is 28.5 Å². The first-order valence-electron chi connectivity index (χ1n) is 9.42. The summed E-state index contributed by atoms with van der Waals surface area (Å²) in [4.78, 5) is 13.1. The number of aromatic nitrogens is 4. The summed E-state index contributed by atoms with van der Waals surface area (Å²) in [5, 5.41) is 3.37. The smallest absolute Gasteiger partial charge is 0.214 e. The molecule has 0 aliphatic rings. The highest BCUT2D eigenvalue weighted by Gasteiger charge is 2.14. The van der Waals surface area contributed by atoms with E-state index in [1.807, 2.05) is 83.4 Å². The Labute approximate surface area is 172 Å². The van der Waals surface area contributed by atoms with Crippen LogP contribution in [0.3, 0.4) is 0 Å². The fourth-order valence-corrected chi connectivity index (χ4v) is 3.19. The third kappa shape index (κ3) is 3.51. The number of hydrogen-bond donors (Lipinski definition) is 2. The molecule has 5 aromatic rings. The van der Waals surface area contributed by atoms with Crippen LogP contribution in [0.25, 0.3) is 16.9 Å². The SMILES string of the molecule is Nc1cc(-n2c(Nc3ccc(Oc4ccccc4)cc3)nc3ccccc32)ncn1. The van der Waals surface area contributed by atoms with E-state index in [1.165, 1.54) is 6.33 Å². The van der Waals surface area contributed by atoms with Gasteiger partial charge in [0.25, 0.3) is 0 Å². The molecular weight excluding hydrogens is 376 g/mol. The first-order valence-corrected chi connectivity index (χ1v) is 9.42. The van der Waals surface area contributed by atoms with Gasteiger partial charge in [-0.15, -0.1) is 0 Å². The molecule has 0 spiro atoms. The van der Waals surface area contributed by atoms with Crippen LogP contribution in [0, 0.1) is 0 Å². The Kier molecular flexibility index (Phi) is 4.46. The highest BCUT2D eigenvalue weighted by Crippen LogP contribution is 2.28. The van der Waals surface area contributed by atoms with Crippen LogP contribution in [0.4, 0.5) is 17.5 Å². The predicted molar refractivity (Wildman–Crippen MR) is 117 cm³/mol. The van der Waals surface area contributed by atoms with E-state index in [1.54, 1.807) is 6.07 Å². The van der Waals surface area contributed by atoms with Gasteiger partial charge in [0.2, 0.25) is 5.95 Å². The van der Waals surface area contributed by atoms with Crippen LogP contribution < -0.4 is 15.8 Å². The van der Waals surface area contributed by atoms with Crippen LogP contribution in [-0.2, 0) is 0 Å². The zero-order valence-electron chi connectivity index (χ0n) is 15.9.